The van der Waals surface area contributed by atoms with Crippen LogP contribution < -0.4 is 10.0 Å². The van der Waals surface area contributed by atoms with Crippen LogP contribution in [0.4, 0.5) is 0 Å². The lowest BCUT2D eigenvalue weighted by Gasteiger charge is -2.14. The van der Waals surface area contributed by atoms with Crippen LogP contribution in [0.1, 0.15) is 12.6 Å². The Morgan fingerprint density at radius 3 is 2.52 bits per heavy atom. The van der Waals surface area contributed by atoms with E-state index < -0.39 is 22.0 Å². The predicted molar refractivity (Wildman–Crippen MR) is 87.3 cm³/mol. The van der Waals surface area contributed by atoms with Crippen LogP contribution in [-0.4, -0.2) is 25.4 Å². The zero-order chi connectivity index (χ0) is 16.9. The first-order chi connectivity index (χ1) is 10.9. The Morgan fingerprint density at radius 1 is 1.22 bits per heavy atom. The van der Waals surface area contributed by atoms with Crippen molar-refractivity contribution >= 4 is 27.5 Å². The quantitative estimate of drug-likeness (QED) is 0.827. The lowest BCUT2D eigenvalue weighted by molar-refractivity contribution is -0.122. The van der Waals surface area contributed by atoms with E-state index in [-0.39, 0.29) is 11.4 Å². The van der Waals surface area contributed by atoms with Gasteiger partial charge >= 0.3 is 0 Å². The third-order valence-corrected chi connectivity index (χ3v) is 4.83. The fourth-order valence-electron chi connectivity index (χ4n) is 1.80. The number of hydrogen-bond acceptors (Lipinski definition) is 4. The average molecular weight is 354 g/mol. The summed E-state index contributed by atoms with van der Waals surface area (Å²) < 4.78 is 26.7. The first-order valence-electron chi connectivity index (χ1n) is 6.84. The van der Waals surface area contributed by atoms with E-state index in [0.717, 1.165) is 0 Å². The smallest absolute Gasteiger partial charge is 0.241 e. The monoisotopic (exact) mass is 353 g/mol. The Balaban J connectivity index is 1.96. The number of halogens is 1. The maximum absolute atomic E-state index is 12.2. The van der Waals surface area contributed by atoms with Crippen LogP contribution in [0.2, 0.25) is 5.02 Å². The van der Waals surface area contributed by atoms with Crippen LogP contribution in [0.25, 0.3) is 0 Å². The van der Waals surface area contributed by atoms with E-state index in [1.807, 2.05) is 0 Å². The van der Waals surface area contributed by atoms with Crippen molar-refractivity contribution in [2.75, 3.05) is 0 Å². The first kappa shape index (κ1) is 17.4. The lowest BCUT2D eigenvalue weighted by Crippen LogP contribution is -2.44. The zero-order valence-electron chi connectivity index (χ0n) is 12.4. The highest BCUT2D eigenvalue weighted by Gasteiger charge is 2.21. The number of aromatic nitrogens is 1. The fraction of sp³-hybridized carbons (Fsp3) is 0.200. The molecule has 2 N–H and O–H groups in total. The van der Waals surface area contributed by atoms with Crippen LogP contribution in [0.5, 0.6) is 0 Å². The van der Waals surface area contributed by atoms with Gasteiger partial charge in [0.1, 0.15) is 0 Å². The molecule has 0 saturated heterocycles. The minimum Gasteiger partial charge on any atom is -0.349 e. The van der Waals surface area contributed by atoms with Gasteiger partial charge in [0.2, 0.25) is 15.9 Å². The summed E-state index contributed by atoms with van der Waals surface area (Å²) in [6.07, 6.45) is 1.62. The highest BCUT2D eigenvalue weighted by Crippen LogP contribution is 2.14. The number of carbonyl (C=O) groups is 1. The van der Waals surface area contributed by atoms with Crippen LogP contribution >= 0.6 is 11.6 Å². The maximum atomic E-state index is 12.2. The van der Waals surface area contributed by atoms with Crippen LogP contribution in [-0.2, 0) is 21.4 Å². The number of pyridine rings is 1. The third kappa shape index (κ3) is 5.02. The van der Waals surface area contributed by atoms with E-state index in [1.54, 1.807) is 24.4 Å². The molecule has 0 saturated carbocycles. The third-order valence-electron chi connectivity index (χ3n) is 3.02. The molecule has 8 heteroatoms. The van der Waals surface area contributed by atoms with E-state index in [2.05, 4.69) is 15.0 Å². The fourth-order valence-corrected chi connectivity index (χ4v) is 3.13. The lowest BCUT2D eigenvalue weighted by atomic mass is 10.3. The second kappa shape index (κ2) is 7.54. The molecule has 23 heavy (non-hydrogen) atoms. The molecule has 1 unspecified atom stereocenters. The zero-order valence-corrected chi connectivity index (χ0v) is 13.9. The largest absolute Gasteiger partial charge is 0.349 e. The summed E-state index contributed by atoms with van der Waals surface area (Å²) in [6, 6.07) is 10.1. The summed E-state index contributed by atoms with van der Waals surface area (Å²) in [4.78, 5) is 16.1. The number of nitrogens with zero attached hydrogens (tertiary/aromatic N) is 1. The van der Waals surface area contributed by atoms with Crippen LogP contribution in [0.3, 0.4) is 0 Å². The van der Waals surface area contributed by atoms with Crippen molar-refractivity contribution in [2.45, 2.75) is 24.4 Å². The molecular formula is C15H16ClN3O3S. The van der Waals surface area contributed by atoms with Crippen LogP contribution in [0, 0.1) is 0 Å². The van der Waals surface area contributed by atoms with E-state index >= 15 is 0 Å². The van der Waals surface area contributed by atoms with Crippen molar-refractivity contribution in [1.82, 2.24) is 15.0 Å². The number of hydrogen-bond donors (Lipinski definition) is 2. The maximum Gasteiger partial charge on any atom is 0.241 e. The summed E-state index contributed by atoms with van der Waals surface area (Å²) in [5.41, 5.74) is 0.689. The summed E-state index contributed by atoms with van der Waals surface area (Å²) in [5, 5.41) is 3.07. The molecule has 1 aromatic heterocycles. The Morgan fingerprint density at radius 2 is 1.91 bits per heavy atom. The number of carbonyl (C=O) groups excluding carboxylic acids is 1. The molecule has 2 aromatic rings. The Labute approximate surface area is 139 Å². The normalized spacial score (nSPS) is 12.6. The van der Waals surface area contributed by atoms with E-state index in [1.165, 1.54) is 31.2 Å². The van der Waals surface area contributed by atoms with E-state index in [9.17, 15) is 13.2 Å². The Kier molecular flexibility index (Phi) is 5.70. The average Bonchev–Trinajstić information content (AvgIpc) is 2.53. The highest BCUT2D eigenvalue weighted by atomic mass is 35.5. The van der Waals surface area contributed by atoms with Crippen molar-refractivity contribution in [3.05, 3.63) is 59.4 Å². The Bertz CT molecular complexity index is 764. The number of rotatable bonds is 6. The van der Waals surface area contributed by atoms with Gasteiger partial charge in [-0.25, -0.2) is 8.42 Å². The molecule has 1 heterocycles. The molecular weight excluding hydrogens is 338 g/mol. The van der Waals surface area contributed by atoms with Gasteiger partial charge in [-0.05, 0) is 43.3 Å². The van der Waals surface area contributed by atoms with E-state index in [4.69, 9.17) is 11.6 Å². The SMILES string of the molecule is CC(NS(=O)(=O)c1ccc(Cl)cc1)C(=O)NCc1ccccn1. The van der Waals surface area contributed by atoms with Gasteiger partial charge in [-0.1, -0.05) is 17.7 Å². The van der Waals surface area contributed by atoms with Gasteiger partial charge < -0.3 is 5.32 Å². The van der Waals surface area contributed by atoms with Gasteiger partial charge in [0.15, 0.2) is 0 Å². The van der Waals surface area contributed by atoms with E-state index in [0.29, 0.717) is 10.7 Å². The number of amides is 1. The molecule has 1 atom stereocenters. The second-order valence-corrected chi connectivity index (χ2v) is 6.99. The van der Waals surface area contributed by atoms with Gasteiger partial charge in [0.25, 0.3) is 0 Å². The van der Waals surface area contributed by atoms with Crippen molar-refractivity contribution in [1.29, 1.82) is 0 Å². The second-order valence-electron chi connectivity index (χ2n) is 4.84. The van der Waals surface area contributed by atoms with Gasteiger partial charge in [-0.15, -0.1) is 0 Å². The summed E-state index contributed by atoms with van der Waals surface area (Å²) >= 11 is 5.73. The Hall–Kier alpha value is -1.96. The molecule has 2 rings (SSSR count). The van der Waals surface area contributed by atoms with Gasteiger partial charge in [0, 0.05) is 11.2 Å². The minimum absolute atomic E-state index is 0.0475. The summed E-state index contributed by atoms with van der Waals surface area (Å²) in [7, 11) is -3.79. The highest BCUT2D eigenvalue weighted by molar-refractivity contribution is 7.89. The van der Waals surface area contributed by atoms with Crippen molar-refractivity contribution in [2.24, 2.45) is 0 Å². The molecule has 0 spiro atoms. The van der Waals surface area contributed by atoms with Crippen molar-refractivity contribution < 1.29 is 13.2 Å². The molecule has 0 aliphatic rings. The molecule has 1 amide bonds. The first-order valence-corrected chi connectivity index (χ1v) is 8.70. The number of nitrogens with one attached hydrogen (secondary N) is 2. The van der Waals surface area contributed by atoms with Crippen molar-refractivity contribution in [3.8, 4) is 0 Å². The van der Waals surface area contributed by atoms with Crippen LogP contribution in [0.15, 0.2) is 53.6 Å². The molecule has 6 nitrogen and oxygen atoms in total. The molecule has 0 radical (unpaired) electrons. The van der Waals surface area contributed by atoms with Gasteiger partial charge in [-0.2, -0.15) is 4.72 Å². The van der Waals surface area contributed by atoms with Crippen molar-refractivity contribution in [3.63, 3.8) is 0 Å². The molecule has 1 aromatic carbocycles. The molecule has 0 aliphatic heterocycles. The number of benzene rings is 1. The minimum atomic E-state index is -3.79. The van der Waals surface area contributed by atoms with Gasteiger partial charge in [0.05, 0.1) is 23.2 Å². The summed E-state index contributed by atoms with van der Waals surface area (Å²) in [5.74, 6) is -0.437. The molecule has 122 valence electrons. The molecule has 0 aliphatic carbocycles. The van der Waals surface area contributed by atoms with Gasteiger partial charge in [-0.3, -0.25) is 9.78 Å². The molecule has 0 bridgehead atoms. The standard InChI is InChI=1S/C15H16ClN3O3S/c1-11(15(20)18-10-13-4-2-3-9-17-13)19-23(21,22)14-7-5-12(16)6-8-14/h2-9,11,19H,10H2,1H3,(H,18,20). The number of sulfonamides is 1. The topological polar surface area (TPSA) is 88.2 Å². The predicted octanol–water partition coefficient (Wildman–Crippen LogP) is 1.72. The molecule has 0 fully saturated rings. The summed E-state index contributed by atoms with van der Waals surface area (Å²) in [6.45, 7) is 1.70.